The summed E-state index contributed by atoms with van der Waals surface area (Å²) >= 11 is 0. The van der Waals surface area contributed by atoms with Gasteiger partial charge in [0.1, 0.15) is 24.7 Å². The molecular formula is C39H45NO5. The van der Waals surface area contributed by atoms with E-state index in [1.807, 2.05) is 24.3 Å². The van der Waals surface area contributed by atoms with Crippen LogP contribution in [-0.4, -0.2) is 17.0 Å². The molecule has 4 aromatic rings. The molecule has 4 aromatic carbocycles. The lowest BCUT2D eigenvalue weighted by Crippen LogP contribution is -2.30. The molecule has 0 radical (unpaired) electrons. The molecule has 45 heavy (non-hydrogen) atoms. The molecule has 1 atom stereocenters. The molecule has 0 fully saturated rings. The zero-order valence-electron chi connectivity index (χ0n) is 27.3. The van der Waals surface area contributed by atoms with E-state index >= 15 is 0 Å². The number of carbonyl (C=O) groups excluding carboxylic acids is 1. The van der Waals surface area contributed by atoms with Gasteiger partial charge in [-0.05, 0) is 93.0 Å². The van der Waals surface area contributed by atoms with Crippen molar-refractivity contribution >= 4 is 11.9 Å². The molecule has 0 aliphatic heterocycles. The normalized spacial score (nSPS) is 11.7. The third-order valence-corrected chi connectivity index (χ3v) is 7.61. The Hall–Kier alpha value is -4.58. The number of carboxylic acids is 1. The van der Waals surface area contributed by atoms with Crippen molar-refractivity contribution in [2.24, 2.45) is 5.92 Å². The van der Waals surface area contributed by atoms with E-state index in [-0.39, 0.29) is 24.8 Å². The van der Waals surface area contributed by atoms with Gasteiger partial charge in [0.15, 0.2) is 0 Å². The molecule has 0 aliphatic carbocycles. The fraction of sp³-hybridized carbons (Fsp3) is 0.333. The predicted molar refractivity (Wildman–Crippen MR) is 179 cm³/mol. The van der Waals surface area contributed by atoms with Crippen LogP contribution in [0.25, 0.3) is 0 Å². The van der Waals surface area contributed by atoms with Gasteiger partial charge in [-0.1, -0.05) is 90.7 Å². The highest BCUT2D eigenvalue weighted by molar-refractivity contribution is 5.96. The Balaban J connectivity index is 1.47. The highest BCUT2D eigenvalue weighted by atomic mass is 16.5. The van der Waals surface area contributed by atoms with Crippen LogP contribution in [0.4, 0.5) is 0 Å². The van der Waals surface area contributed by atoms with Crippen LogP contribution in [0.2, 0.25) is 0 Å². The second-order valence-corrected chi connectivity index (χ2v) is 12.5. The minimum Gasteiger partial charge on any atom is -0.489 e. The lowest BCUT2D eigenvalue weighted by atomic mass is 9.93. The van der Waals surface area contributed by atoms with E-state index in [0.29, 0.717) is 36.0 Å². The number of aliphatic carboxylic acids is 1. The maximum atomic E-state index is 13.8. The smallest absolute Gasteiger partial charge is 0.303 e. The van der Waals surface area contributed by atoms with Crippen LogP contribution in [0.15, 0.2) is 78.9 Å². The summed E-state index contributed by atoms with van der Waals surface area (Å²) in [5, 5.41) is 12.6. The Morgan fingerprint density at radius 2 is 1.27 bits per heavy atom. The monoisotopic (exact) mass is 607 g/mol. The molecule has 6 heteroatoms. The van der Waals surface area contributed by atoms with E-state index in [0.717, 1.165) is 40.0 Å². The van der Waals surface area contributed by atoms with E-state index in [9.17, 15) is 14.7 Å². The molecule has 0 heterocycles. The number of nitrogens with one attached hydrogen (secondary N) is 1. The fourth-order valence-corrected chi connectivity index (χ4v) is 5.68. The van der Waals surface area contributed by atoms with Crippen LogP contribution in [0.1, 0.15) is 87.6 Å². The van der Waals surface area contributed by atoms with Crippen LogP contribution in [0.5, 0.6) is 11.5 Å². The summed E-state index contributed by atoms with van der Waals surface area (Å²) in [6.45, 7) is 13.4. The number of benzene rings is 4. The van der Waals surface area contributed by atoms with Gasteiger partial charge in [-0.25, -0.2) is 0 Å². The third kappa shape index (κ3) is 10.2. The zero-order valence-corrected chi connectivity index (χ0v) is 27.3. The van der Waals surface area contributed by atoms with E-state index < -0.39 is 5.97 Å². The van der Waals surface area contributed by atoms with Crippen molar-refractivity contribution in [3.8, 4) is 11.5 Å². The Morgan fingerprint density at radius 3 is 1.87 bits per heavy atom. The van der Waals surface area contributed by atoms with Crippen LogP contribution >= 0.6 is 0 Å². The summed E-state index contributed by atoms with van der Waals surface area (Å²) in [6.07, 6.45) is 0.963. The van der Waals surface area contributed by atoms with Gasteiger partial charge < -0.3 is 19.9 Å². The van der Waals surface area contributed by atoms with Crippen molar-refractivity contribution in [3.05, 3.63) is 129 Å². The van der Waals surface area contributed by atoms with Gasteiger partial charge in [0, 0.05) is 12.0 Å². The molecule has 0 aromatic heterocycles. The average Bonchev–Trinajstić information content (AvgIpc) is 2.97. The number of hydrogen-bond acceptors (Lipinski definition) is 4. The Morgan fingerprint density at radius 1 is 0.711 bits per heavy atom. The third-order valence-electron chi connectivity index (χ3n) is 7.61. The maximum Gasteiger partial charge on any atom is 0.303 e. The van der Waals surface area contributed by atoms with Crippen molar-refractivity contribution in [2.75, 3.05) is 0 Å². The van der Waals surface area contributed by atoms with Crippen molar-refractivity contribution < 1.29 is 24.2 Å². The number of rotatable bonds is 14. The van der Waals surface area contributed by atoms with Crippen LogP contribution in [0, 0.1) is 33.6 Å². The number of hydrogen-bond donors (Lipinski definition) is 2. The second kappa shape index (κ2) is 15.4. The molecular weight excluding hydrogens is 562 g/mol. The zero-order chi connectivity index (χ0) is 32.5. The number of carboxylic acid groups (broad SMARTS) is 1. The first-order valence-electron chi connectivity index (χ1n) is 15.6. The summed E-state index contributed by atoms with van der Waals surface area (Å²) in [7, 11) is 0. The van der Waals surface area contributed by atoms with Gasteiger partial charge in [0.05, 0.1) is 6.04 Å². The number of amides is 1. The molecule has 1 amide bonds. The molecule has 0 saturated heterocycles. The minimum absolute atomic E-state index is 0.0646. The summed E-state index contributed by atoms with van der Waals surface area (Å²) in [5.41, 5.74) is 8.99. The second-order valence-electron chi connectivity index (χ2n) is 12.5. The molecule has 6 nitrogen and oxygen atoms in total. The van der Waals surface area contributed by atoms with Gasteiger partial charge >= 0.3 is 5.97 Å². The van der Waals surface area contributed by atoms with Gasteiger partial charge in [-0.2, -0.15) is 0 Å². The van der Waals surface area contributed by atoms with Crippen molar-refractivity contribution in [3.63, 3.8) is 0 Å². The lowest BCUT2D eigenvalue weighted by molar-refractivity contribution is -0.136. The Kier molecular flexibility index (Phi) is 11.4. The standard InChI is InChI=1S/C39H45NO5/c1-25(2)15-37(33-20-28(5)17-29(6)21-33)40-39(43)36-22-35(13-9-32(36)10-14-38(41)42)45-23-30-7-11-34(12-8-30)44-24-31-18-26(3)16-27(4)19-31/h7-9,11-13,16-22,25,37H,10,14-15,23-24H2,1-6H3,(H,40,43)(H,41,42). The Bertz CT molecular complexity index is 1580. The lowest BCUT2D eigenvalue weighted by Gasteiger charge is -2.23. The summed E-state index contributed by atoms with van der Waals surface area (Å²) in [5.74, 6) is 0.536. The molecule has 0 bridgehead atoms. The molecule has 0 aliphatic rings. The first-order valence-corrected chi connectivity index (χ1v) is 15.6. The number of ether oxygens (including phenoxy) is 2. The summed E-state index contributed by atoms with van der Waals surface area (Å²) < 4.78 is 12.1. The number of carbonyl (C=O) groups is 2. The highest BCUT2D eigenvalue weighted by Gasteiger charge is 2.21. The van der Waals surface area contributed by atoms with E-state index in [2.05, 4.69) is 83.3 Å². The average molecular weight is 608 g/mol. The molecule has 2 N–H and O–H groups in total. The maximum absolute atomic E-state index is 13.8. The first-order chi connectivity index (χ1) is 21.4. The summed E-state index contributed by atoms with van der Waals surface area (Å²) in [6, 6.07) is 25.7. The quantitative estimate of drug-likeness (QED) is 0.150. The largest absolute Gasteiger partial charge is 0.489 e. The van der Waals surface area contributed by atoms with Gasteiger partial charge in [0.25, 0.3) is 5.91 Å². The molecule has 1 unspecified atom stereocenters. The summed E-state index contributed by atoms with van der Waals surface area (Å²) in [4.78, 5) is 25.1. The van der Waals surface area contributed by atoms with Crippen molar-refractivity contribution in [2.45, 2.75) is 80.1 Å². The van der Waals surface area contributed by atoms with Gasteiger partial charge in [-0.15, -0.1) is 0 Å². The first kappa shape index (κ1) is 33.3. The van der Waals surface area contributed by atoms with Gasteiger partial charge in [-0.3, -0.25) is 9.59 Å². The fourth-order valence-electron chi connectivity index (χ4n) is 5.68. The topological polar surface area (TPSA) is 84.9 Å². The molecule has 0 saturated carbocycles. The SMILES string of the molecule is Cc1cc(C)cc(COc2ccc(COc3ccc(CCC(=O)O)c(C(=O)NC(CC(C)C)c4cc(C)cc(C)c4)c3)cc2)c1. The predicted octanol–water partition coefficient (Wildman–Crippen LogP) is 8.61. The van der Waals surface area contributed by atoms with E-state index in [4.69, 9.17) is 9.47 Å². The van der Waals surface area contributed by atoms with Crippen LogP contribution < -0.4 is 14.8 Å². The Labute approximate surface area is 267 Å². The molecule has 4 rings (SSSR count). The van der Waals surface area contributed by atoms with Crippen LogP contribution in [0.3, 0.4) is 0 Å². The molecule has 236 valence electrons. The highest BCUT2D eigenvalue weighted by Crippen LogP contribution is 2.27. The van der Waals surface area contributed by atoms with Crippen LogP contribution in [-0.2, 0) is 24.4 Å². The van der Waals surface area contributed by atoms with Crippen molar-refractivity contribution in [1.29, 1.82) is 0 Å². The van der Waals surface area contributed by atoms with Gasteiger partial charge in [0.2, 0.25) is 0 Å². The van der Waals surface area contributed by atoms with E-state index in [1.165, 1.54) is 11.1 Å². The molecule has 0 spiro atoms. The number of aryl methyl sites for hydroxylation is 5. The van der Waals surface area contributed by atoms with Crippen molar-refractivity contribution in [1.82, 2.24) is 5.32 Å². The minimum atomic E-state index is -0.906. The van der Waals surface area contributed by atoms with E-state index in [1.54, 1.807) is 18.2 Å².